The van der Waals surface area contributed by atoms with E-state index < -0.39 is 23.9 Å². The van der Waals surface area contributed by atoms with E-state index in [1.165, 1.54) is 0 Å². The molecule has 0 radical (unpaired) electrons. The molecule has 0 spiro atoms. The Hall–Kier alpha value is -1.63. The van der Waals surface area contributed by atoms with E-state index in [0.29, 0.717) is 19.6 Å². The molecule has 0 aromatic rings. The molecule has 20 heavy (non-hydrogen) atoms. The number of carboxylic acid groups (broad SMARTS) is 1. The molecule has 3 atom stereocenters. The molecule has 1 fully saturated rings. The van der Waals surface area contributed by atoms with Crippen LogP contribution in [-0.2, 0) is 23.9 Å². The van der Waals surface area contributed by atoms with Crippen LogP contribution in [0.5, 0.6) is 0 Å². The van der Waals surface area contributed by atoms with Gasteiger partial charge in [0.1, 0.15) is 6.04 Å². The first-order valence-electron chi connectivity index (χ1n) is 6.72. The molecular formula is C13H21NO6. The zero-order valence-electron chi connectivity index (χ0n) is 11.8. The predicted molar refractivity (Wildman–Crippen MR) is 68.9 cm³/mol. The maximum Gasteiger partial charge on any atom is 0.326 e. The summed E-state index contributed by atoms with van der Waals surface area (Å²) in [4.78, 5) is 34.5. The molecule has 1 rings (SSSR count). The van der Waals surface area contributed by atoms with Gasteiger partial charge in [0, 0.05) is 6.61 Å². The quantitative estimate of drug-likeness (QED) is 0.648. The summed E-state index contributed by atoms with van der Waals surface area (Å²) in [7, 11) is 0. The number of ether oxygens (including phenoxy) is 2. The average molecular weight is 287 g/mol. The Labute approximate surface area is 117 Å². The highest BCUT2D eigenvalue weighted by atomic mass is 16.5. The first-order chi connectivity index (χ1) is 9.45. The van der Waals surface area contributed by atoms with Crippen LogP contribution in [0.3, 0.4) is 0 Å². The van der Waals surface area contributed by atoms with Crippen molar-refractivity contribution in [2.75, 3.05) is 19.8 Å². The van der Waals surface area contributed by atoms with E-state index >= 15 is 0 Å². The van der Waals surface area contributed by atoms with E-state index in [0.717, 1.165) is 0 Å². The van der Waals surface area contributed by atoms with Crippen LogP contribution in [0.25, 0.3) is 0 Å². The lowest BCUT2D eigenvalue weighted by Crippen LogP contribution is -2.48. The Bertz CT molecular complexity index is 364. The Balaban J connectivity index is 2.56. The van der Waals surface area contributed by atoms with Crippen molar-refractivity contribution in [3.05, 3.63) is 0 Å². The molecular weight excluding hydrogens is 266 g/mol. The lowest BCUT2D eigenvalue weighted by molar-refractivity contribution is -0.147. The summed E-state index contributed by atoms with van der Waals surface area (Å²) in [5, 5.41) is 11.7. The van der Waals surface area contributed by atoms with Crippen LogP contribution >= 0.6 is 0 Å². The first kappa shape index (κ1) is 16.4. The van der Waals surface area contributed by atoms with E-state index in [2.05, 4.69) is 5.32 Å². The molecule has 0 aliphatic carbocycles. The molecule has 7 nitrogen and oxygen atoms in total. The number of nitrogens with one attached hydrogen (secondary N) is 1. The van der Waals surface area contributed by atoms with Gasteiger partial charge >= 0.3 is 11.9 Å². The Kier molecular flexibility index (Phi) is 6.44. The summed E-state index contributed by atoms with van der Waals surface area (Å²) in [6.45, 7) is 4.34. The maximum absolute atomic E-state index is 11.9. The summed E-state index contributed by atoms with van der Waals surface area (Å²) in [5.41, 5.74) is 0. The number of esters is 1. The van der Waals surface area contributed by atoms with Gasteiger partial charge in [0.15, 0.2) is 0 Å². The van der Waals surface area contributed by atoms with Gasteiger partial charge < -0.3 is 19.9 Å². The predicted octanol–water partition coefficient (Wildman–Crippen LogP) is 0.182. The molecule has 1 saturated heterocycles. The van der Waals surface area contributed by atoms with Crippen molar-refractivity contribution >= 4 is 17.8 Å². The molecule has 0 aromatic carbocycles. The van der Waals surface area contributed by atoms with Gasteiger partial charge in [-0.05, 0) is 19.3 Å². The van der Waals surface area contributed by atoms with Crippen molar-refractivity contribution in [1.82, 2.24) is 5.32 Å². The van der Waals surface area contributed by atoms with E-state index in [-0.39, 0.29) is 24.9 Å². The second-order valence-corrected chi connectivity index (χ2v) is 4.87. The van der Waals surface area contributed by atoms with Crippen LogP contribution in [0, 0.1) is 11.8 Å². The largest absolute Gasteiger partial charge is 0.480 e. The number of carboxylic acids is 1. The lowest BCUT2D eigenvalue weighted by Gasteiger charge is -2.22. The fraction of sp³-hybridized carbons (Fsp3) is 0.769. The highest BCUT2D eigenvalue weighted by Crippen LogP contribution is 2.15. The molecule has 0 unspecified atom stereocenters. The molecule has 7 heteroatoms. The van der Waals surface area contributed by atoms with Crippen LogP contribution in [0.2, 0.25) is 0 Å². The van der Waals surface area contributed by atoms with Crippen LogP contribution in [-0.4, -0.2) is 48.8 Å². The molecule has 0 bridgehead atoms. The van der Waals surface area contributed by atoms with Gasteiger partial charge in [0.2, 0.25) is 5.91 Å². The second-order valence-electron chi connectivity index (χ2n) is 4.87. The highest BCUT2D eigenvalue weighted by molar-refractivity contribution is 5.85. The highest BCUT2D eigenvalue weighted by Gasteiger charge is 2.32. The third-order valence-corrected chi connectivity index (χ3v) is 3.23. The molecule has 0 saturated carbocycles. The van der Waals surface area contributed by atoms with Gasteiger partial charge in [0.25, 0.3) is 0 Å². The zero-order chi connectivity index (χ0) is 15.1. The van der Waals surface area contributed by atoms with E-state index in [4.69, 9.17) is 9.47 Å². The second kappa shape index (κ2) is 7.84. The topological polar surface area (TPSA) is 102 Å². The summed E-state index contributed by atoms with van der Waals surface area (Å²) >= 11 is 0. The van der Waals surface area contributed by atoms with E-state index in [1.54, 1.807) is 13.8 Å². The number of rotatable bonds is 7. The molecule has 0 aromatic heterocycles. The minimum Gasteiger partial charge on any atom is -0.480 e. The SMILES string of the molecule is CCOC(=O)C[C@H](C)[C@@H](NC(=O)[C@@H]1CCOC1)C(=O)O. The van der Waals surface area contributed by atoms with Gasteiger partial charge in [-0.15, -0.1) is 0 Å². The molecule has 1 aliphatic rings. The molecule has 2 N–H and O–H groups in total. The van der Waals surface area contributed by atoms with Gasteiger partial charge in [-0.2, -0.15) is 0 Å². The van der Waals surface area contributed by atoms with Gasteiger partial charge in [-0.3, -0.25) is 9.59 Å². The van der Waals surface area contributed by atoms with Crippen LogP contribution in [0.1, 0.15) is 26.7 Å². The number of hydrogen-bond acceptors (Lipinski definition) is 5. The Morgan fingerprint density at radius 1 is 1.45 bits per heavy atom. The summed E-state index contributed by atoms with van der Waals surface area (Å²) in [6, 6.07) is -1.10. The molecule has 1 aliphatic heterocycles. The smallest absolute Gasteiger partial charge is 0.326 e. The number of hydrogen-bond donors (Lipinski definition) is 2. The average Bonchev–Trinajstić information content (AvgIpc) is 2.89. The molecule has 114 valence electrons. The summed E-state index contributed by atoms with van der Waals surface area (Å²) in [6.07, 6.45) is 0.538. The minimum absolute atomic E-state index is 0.0494. The van der Waals surface area contributed by atoms with E-state index in [9.17, 15) is 19.5 Å². The van der Waals surface area contributed by atoms with Crippen LogP contribution in [0.15, 0.2) is 0 Å². The number of aliphatic carboxylic acids is 1. The minimum atomic E-state index is -1.16. The van der Waals surface area contributed by atoms with Crippen molar-refractivity contribution in [2.24, 2.45) is 11.8 Å². The Morgan fingerprint density at radius 3 is 2.65 bits per heavy atom. The monoisotopic (exact) mass is 287 g/mol. The van der Waals surface area contributed by atoms with Crippen molar-refractivity contribution in [3.63, 3.8) is 0 Å². The third-order valence-electron chi connectivity index (χ3n) is 3.23. The van der Waals surface area contributed by atoms with Gasteiger partial charge in [0.05, 0.1) is 25.6 Å². The zero-order valence-corrected chi connectivity index (χ0v) is 11.8. The van der Waals surface area contributed by atoms with Gasteiger partial charge in [-0.1, -0.05) is 6.92 Å². The normalized spacial score (nSPS) is 21.0. The van der Waals surface area contributed by atoms with Crippen LogP contribution in [0.4, 0.5) is 0 Å². The summed E-state index contributed by atoms with van der Waals surface area (Å²) in [5.74, 6) is -2.83. The van der Waals surface area contributed by atoms with Crippen LogP contribution < -0.4 is 5.32 Å². The standard InChI is InChI=1S/C13H21NO6/c1-3-20-10(15)6-8(2)11(13(17)18)14-12(16)9-4-5-19-7-9/h8-9,11H,3-7H2,1-2H3,(H,14,16)(H,17,18)/t8-,9+,11+/m0/s1. The Morgan fingerprint density at radius 2 is 2.15 bits per heavy atom. The van der Waals surface area contributed by atoms with Crippen molar-refractivity contribution in [3.8, 4) is 0 Å². The fourth-order valence-electron chi connectivity index (χ4n) is 2.06. The maximum atomic E-state index is 11.9. The summed E-state index contributed by atoms with van der Waals surface area (Å²) < 4.78 is 9.88. The third kappa shape index (κ3) is 4.80. The molecule has 1 heterocycles. The number of carbonyl (C=O) groups excluding carboxylic acids is 2. The lowest BCUT2D eigenvalue weighted by atomic mass is 9.97. The van der Waals surface area contributed by atoms with Crippen molar-refractivity contribution in [2.45, 2.75) is 32.7 Å². The van der Waals surface area contributed by atoms with Crippen molar-refractivity contribution in [1.29, 1.82) is 0 Å². The fourth-order valence-corrected chi connectivity index (χ4v) is 2.06. The van der Waals surface area contributed by atoms with E-state index in [1.807, 2.05) is 0 Å². The van der Waals surface area contributed by atoms with Gasteiger partial charge in [-0.25, -0.2) is 4.79 Å². The number of amides is 1. The number of carbonyl (C=O) groups is 3. The van der Waals surface area contributed by atoms with Crippen molar-refractivity contribution < 1.29 is 29.0 Å². The first-order valence-corrected chi connectivity index (χ1v) is 6.72. The molecule has 1 amide bonds.